The smallest absolute Gasteiger partial charge is 0.154 e. The summed E-state index contributed by atoms with van der Waals surface area (Å²) < 4.78 is 0. The number of nitrogens with zero attached hydrogens (tertiary/aromatic N) is 2. The highest BCUT2D eigenvalue weighted by molar-refractivity contribution is 6.10. The van der Waals surface area contributed by atoms with Crippen molar-refractivity contribution < 1.29 is 0 Å². The van der Waals surface area contributed by atoms with E-state index in [0.717, 1.165) is 17.0 Å². The topological polar surface area (TPSA) is 39.5 Å². The summed E-state index contributed by atoms with van der Waals surface area (Å²) in [6, 6.07) is 16.8. The van der Waals surface area contributed by atoms with Gasteiger partial charge in [0, 0.05) is 18.2 Å². The lowest BCUT2D eigenvalue weighted by atomic mass is 9.86. The van der Waals surface area contributed by atoms with E-state index < -0.39 is 0 Å². The van der Waals surface area contributed by atoms with Gasteiger partial charge in [0.2, 0.25) is 0 Å². The minimum absolute atomic E-state index is 0.0840. The maximum Gasteiger partial charge on any atom is 0.154 e. The number of aliphatic imine (C=N–C) groups is 1. The molecule has 172 valence electrons. The predicted octanol–water partition coefficient (Wildman–Crippen LogP) is 7.34. The normalized spacial score (nSPS) is 13.5. The van der Waals surface area contributed by atoms with Crippen LogP contribution in [0, 0.1) is 5.41 Å². The van der Waals surface area contributed by atoms with Gasteiger partial charge in [-0.3, -0.25) is 5.41 Å². The number of likely N-dealkylation sites (N-methyl/N-ethyl adjacent to an activating group) is 1. The van der Waals surface area contributed by atoms with E-state index in [1.807, 2.05) is 26.1 Å². The Hall–Kier alpha value is -2.68. The SMILES string of the molecule is C/C=C\C(C)(C)N(C)/C(=N\C(=N)c1ccc(C(C)(C)C)cc1)c1ccc(C(C)(C)C)cc1. The molecule has 3 nitrogen and oxygen atoms in total. The van der Waals surface area contributed by atoms with Crippen LogP contribution in [0.25, 0.3) is 0 Å². The molecule has 0 amide bonds. The first kappa shape index (κ1) is 25.6. The van der Waals surface area contributed by atoms with E-state index in [4.69, 9.17) is 10.4 Å². The highest BCUT2D eigenvalue weighted by Crippen LogP contribution is 2.25. The van der Waals surface area contributed by atoms with Crippen molar-refractivity contribution in [2.75, 3.05) is 7.05 Å². The summed E-state index contributed by atoms with van der Waals surface area (Å²) in [6.07, 6.45) is 4.22. The van der Waals surface area contributed by atoms with Gasteiger partial charge < -0.3 is 4.90 Å². The Labute approximate surface area is 195 Å². The molecule has 2 aromatic rings. The van der Waals surface area contributed by atoms with Gasteiger partial charge in [0.15, 0.2) is 5.84 Å². The molecule has 0 spiro atoms. The Morgan fingerprint density at radius 3 is 1.53 bits per heavy atom. The molecule has 2 aromatic carbocycles. The minimum atomic E-state index is -0.243. The fourth-order valence-corrected chi connectivity index (χ4v) is 3.54. The second kappa shape index (κ2) is 9.44. The average molecular weight is 432 g/mol. The van der Waals surface area contributed by atoms with Crippen molar-refractivity contribution in [2.45, 2.75) is 78.7 Å². The first-order valence-corrected chi connectivity index (χ1v) is 11.4. The third kappa shape index (κ3) is 6.18. The van der Waals surface area contributed by atoms with E-state index in [1.165, 1.54) is 11.1 Å². The first-order chi connectivity index (χ1) is 14.7. The summed E-state index contributed by atoms with van der Waals surface area (Å²) in [7, 11) is 2.05. The summed E-state index contributed by atoms with van der Waals surface area (Å²) >= 11 is 0. The number of hydrogen-bond acceptors (Lipinski definition) is 1. The molecule has 3 heteroatoms. The summed E-state index contributed by atoms with van der Waals surface area (Å²) in [6.45, 7) is 19.6. The van der Waals surface area contributed by atoms with Crippen LogP contribution in [0.2, 0.25) is 0 Å². The molecule has 0 radical (unpaired) electrons. The van der Waals surface area contributed by atoms with Crippen LogP contribution in [-0.2, 0) is 10.8 Å². The number of nitrogens with one attached hydrogen (secondary N) is 1. The van der Waals surface area contributed by atoms with E-state index in [0.29, 0.717) is 0 Å². The molecular formula is C29H41N3. The molecule has 0 aliphatic rings. The van der Waals surface area contributed by atoms with Gasteiger partial charge in [0.1, 0.15) is 5.84 Å². The molecule has 0 aromatic heterocycles. The number of rotatable bonds is 4. The fraction of sp³-hybridized carbons (Fsp3) is 0.448. The standard InChI is InChI=1S/C29H41N3/c1-11-20-29(8,9)32(10)26(22-14-18-24(19-15-22)28(5,6)7)31-25(30)21-12-16-23(17-13-21)27(2,3)4/h11-20,30H,1-10H3/b20-11-,30-25?,31-26-. The highest BCUT2D eigenvalue weighted by atomic mass is 15.2. The number of allylic oxidation sites excluding steroid dienone is 1. The lowest BCUT2D eigenvalue weighted by Gasteiger charge is -2.36. The summed E-state index contributed by atoms with van der Waals surface area (Å²) in [4.78, 5) is 6.99. The lowest BCUT2D eigenvalue weighted by Crippen LogP contribution is -2.44. The Kier molecular flexibility index (Phi) is 7.55. The summed E-state index contributed by atoms with van der Waals surface area (Å²) in [5, 5.41) is 8.74. The molecule has 0 saturated heterocycles. The maximum absolute atomic E-state index is 8.74. The van der Waals surface area contributed by atoms with Crippen molar-refractivity contribution in [3.05, 3.63) is 82.9 Å². The minimum Gasteiger partial charge on any atom is -0.351 e. The Morgan fingerprint density at radius 2 is 1.16 bits per heavy atom. The Morgan fingerprint density at radius 1 is 0.750 bits per heavy atom. The number of benzene rings is 2. The van der Waals surface area contributed by atoms with Gasteiger partial charge in [0.25, 0.3) is 0 Å². The van der Waals surface area contributed by atoms with Crippen molar-refractivity contribution in [3.8, 4) is 0 Å². The second-order valence-corrected chi connectivity index (χ2v) is 11.2. The Bertz CT molecular complexity index is 977. The van der Waals surface area contributed by atoms with Crippen molar-refractivity contribution >= 4 is 11.7 Å². The molecule has 0 fully saturated rings. The molecule has 0 saturated carbocycles. The number of hydrogen-bond donors (Lipinski definition) is 1. The monoisotopic (exact) mass is 431 g/mol. The van der Waals surface area contributed by atoms with Crippen molar-refractivity contribution in [1.82, 2.24) is 4.90 Å². The van der Waals surface area contributed by atoms with Crippen LogP contribution < -0.4 is 0 Å². The van der Waals surface area contributed by atoms with Crippen LogP contribution in [0.15, 0.2) is 65.7 Å². The van der Waals surface area contributed by atoms with Crippen LogP contribution in [0.4, 0.5) is 0 Å². The first-order valence-electron chi connectivity index (χ1n) is 11.4. The fourth-order valence-electron chi connectivity index (χ4n) is 3.54. The molecule has 2 rings (SSSR count). The van der Waals surface area contributed by atoms with Gasteiger partial charge in [-0.1, -0.05) is 102 Å². The van der Waals surface area contributed by atoms with Crippen LogP contribution >= 0.6 is 0 Å². The van der Waals surface area contributed by atoms with Gasteiger partial charge in [-0.25, -0.2) is 4.99 Å². The largest absolute Gasteiger partial charge is 0.351 e. The zero-order valence-electron chi connectivity index (χ0n) is 21.7. The van der Waals surface area contributed by atoms with Gasteiger partial charge in [-0.05, 0) is 42.7 Å². The molecule has 32 heavy (non-hydrogen) atoms. The van der Waals surface area contributed by atoms with E-state index in [2.05, 4.69) is 109 Å². The van der Waals surface area contributed by atoms with Crippen LogP contribution in [0.3, 0.4) is 0 Å². The maximum atomic E-state index is 8.74. The molecule has 0 bridgehead atoms. The third-order valence-corrected chi connectivity index (χ3v) is 6.01. The zero-order valence-corrected chi connectivity index (χ0v) is 21.7. The molecule has 0 atom stereocenters. The highest BCUT2D eigenvalue weighted by Gasteiger charge is 2.25. The van der Waals surface area contributed by atoms with E-state index in [-0.39, 0.29) is 22.2 Å². The molecule has 1 N–H and O–H groups in total. The molecular weight excluding hydrogens is 390 g/mol. The molecule has 0 unspecified atom stereocenters. The van der Waals surface area contributed by atoms with Crippen molar-refractivity contribution in [1.29, 1.82) is 5.41 Å². The molecule has 0 heterocycles. The van der Waals surface area contributed by atoms with Crippen LogP contribution in [0.5, 0.6) is 0 Å². The summed E-state index contributed by atoms with van der Waals surface area (Å²) in [5.74, 6) is 1.06. The second-order valence-electron chi connectivity index (χ2n) is 11.2. The van der Waals surface area contributed by atoms with Crippen molar-refractivity contribution in [3.63, 3.8) is 0 Å². The van der Waals surface area contributed by atoms with Crippen LogP contribution in [-0.4, -0.2) is 29.2 Å². The van der Waals surface area contributed by atoms with Gasteiger partial charge in [-0.15, -0.1) is 0 Å². The van der Waals surface area contributed by atoms with Crippen LogP contribution in [0.1, 0.15) is 84.6 Å². The van der Waals surface area contributed by atoms with Gasteiger partial charge in [-0.2, -0.15) is 0 Å². The van der Waals surface area contributed by atoms with E-state index in [9.17, 15) is 0 Å². The zero-order chi connectivity index (χ0) is 24.3. The van der Waals surface area contributed by atoms with E-state index >= 15 is 0 Å². The van der Waals surface area contributed by atoms with Gasteiger partial charge >= 0.3 is 0 Å². The van der Waals surface area contributed by atoms with Crippen molar-refractivity contribution in [2.24, 2.45) is 4.99 Å². The molecule has 0 aliphatic carbocycles. The number of amidine groups is 2. The van der Waals surface area contributed by atoms with E-state index in [1.54, 1.807) is 0 Å². The lowest BCUT2D eigenvalue weighted by molar-refractivity contribution is 0.322. The third-order valence-electron chi connectivity index (χ3n) is 6.01. The van der Waals surface area contributed by atoms with Gasteiger partial charge in [0.05, 0.1) is 5.54 Å². The quantitative estimate of drug-likeness (QED) is 0.307. The average Bonchev–Trinajstić information content (AvgIpc) is 2.70. The predicted molar refractivity (Wildman–Crippen MR) is 140 cm³/mol. The molecule has 0 aliphatic heterocycles. The Balaban J connectivity index is 2.52. The summed E-state index contributed by atoms with van der Waals surface area (Å²) in [5.41, 5.74) is 4.29.